The van der Waals surface area contributed by atoms with Gasteiger partial charge in [-0.25, -0.2) is 4.79 Å². The van der Waals surface area contributed by atoms with Gasteiger partial charge in [0.25, 0.3) is 0 Å². The molecule has 7 rings (SSSR count). The number of rotatable bonds is 7. The molecule has 6 aliphatic rings. The van der Waals surface area contributed by atoms with Gasteiger partial charge in [-0.2, -0.15) is 0 Å². The van der Waals surface area contributed by atoms with E-state index in [2.05, 4.69) is 17.1 Å². The maximum atomic E-state index is 14.0. The zero-order chi connectivity index (χ0) is 29.8. The third kappa shape index (κ3) is 3.21. The van der Waals surface area contributed by atoms with Crippen molar-refractivity contribution in [3.63, 3.8) is 0 Å². The van der Waals surface area contributed by atoms with Crippen molar-refractivity contribution in [1.29, 1.82) is 0 Å². The summed E-state index contributed by atoms with van der Waals surface area (Å²) >= 11 is 0. The summed E-state index contributed by atoms with van der Waals surface area (Å²) in [5.74, 6) is -1.54. The molecule has 1 heterocycles. The first-order chi connectivity index (χ1) is 20.1. The Bertz CT molecular complexity index is 1290. The molecule has 42 heavy (non-hydrogen) atoms. The number of aliphatic hydroxyl groups is 2. The summed E-state index contributed by atoms with van der Waals surface area (Å²) in [4.78, 5) is 28.3. The van der Waals surface area contributed by atoms with Gasteiger partial charge in [0, 0.05) is 76.3 Å². The number of hydrogen-bond acceptors (Lipinski definition) is 9. The Morgan fingerprint density at radius 3 is 2.50 bits per heavy atom. The van der Waals surface area contributed by atoms with Gasteiger partial charge in [0.05, 0.1) is 29.6 Å². The first-order valence-electron chi connectivity index (χ1n) is 15.4. The van der Waals surface area contributed by atoms with E-state index in [-0.39, 0.29) is 47.8 Å². The standard InChI is InChI=1S/C32H44N2O8/c1-6-34-16-29(42-28(36)18-9-7-8-10-21(18)33-17(2)35)12-11-25(40-4)31-23(29)14-20(26(31)34)30(37)15-22(39-3)19-13-24(31)32(30,38)27(19)41-5/h7-10,19-20,22-27,37-38H,6,11-16H2,1-5H3,(H,33,35)/t19-,20+,22+,23?,24?,25+,26-,27+,29-,30+,31+,32+/m1/s1. The van der Waals surface area contributed by atoms with Crippen LogP contribution >= 0.6 is 0 Å². The molecule has 0 aromatic heterocycles. The predicted octanol–water partition coefficient (Wildman–Crippen LogP) is 2.22. The molecule has 6 fully saturated rings. The first kappa shape index (κ1) is 28.7. The summed E-state index contributed by atoms with van der Waals surface area (Å²) in [6.45, 7) is 4.79. The number of fused-ring (bicyclic) bond motifs is 2. The topological polar surface area (TPSA) is 127 Å². The summed E-state index contributed by atoms with van der Waals surface area (Å²) < 4.78 is 25.1. The highest BCUT2D eigenvalue weighted by atomic mass is 16.6. The van der Waals surface area contributed by atoms with Gasteiger partial charge in [-0.05, 0) is 44.4 Å². The van der Waals surface area contributed by atoms with Crippen LogP contribution in [0.2, 0.25) is 0 Å². The Kier molecular flexibility index (Phi) is 6.46. The van der Waals surface area contributed by atoms with Crippen molar-refractivity contribution in [2.75, 3.05) is 39.7 Å². The molecule has 2 unspecified atom stereocenters. The lowest BCUT2D eigenvalue weighted by Crippen LogP contribution is -2.83. The van der Waals surface area contributed by atoms with E-state index in [1.165, 1.54) is 6.92 Å². The molecule has 1 aromatic rings. The Hall–Kier alpha value is -2.08. The summed E-state index contributed by atoms with van der Waals surface area (Å²) in [5, 5.41) is 28.4. The number of nitrogens with one attached hydrogen (secondary N) is 1. The van der Waals surface area contributed by atoms with Gasteiger partial charge in [-0.3, -0.25) is 9.69 Å². The van der Waals surface area contributed by atoms with E-state index in [4.69, 9.17) is 18.9 Å². The van der Waals surface area contributed by atoms with E-state index >= 15 is 0 Å². The smallest absolute Gasteiger partial charge is 0.340 e. The Labute approximate surface area is 247 Å². The summed E-state index contributed by atoms with van der Waals surface area (Å²) in [6, 6.07) is 6.89. The zero-order valence-corrected chi connectivity index (χ0v) is 25.2. The van der Waals surface area contributed by atoms with E-state index in [1.807, 2.05) is 0 Å². The summed E-state index contributed by atoms with van der Waals surface area (Å²) in [6.07, 6.45) is 1.91. The number of hydrogen-bond donors (Lipinski definition) is 3. The molecule has 5 saturated carbocycles. The van der Waals surface area contributed by atoms with E-state index in [0.717, 1.165) is 0 Å². The number of carbonyl (C=O) groups excluding carboxylic acids is 2. The number of anilines is 1. The molecule has 7 bridgehead atoms. The SMILES string of the molecule is CCN1C[C@]2(OC(=O)c3ccccc3NC(C)=O)CC[C@H](OC)[C@@]34C2C[C@@H]([C@@H]13)[C@@]1(O)C[C@H](OC)[C@H]2CC4[C@]1(O)[C@H]2OC. The molecule has 12 atom stereocenters. The van der Waals surface area contributed by atoms with Crippen LogP contribution in [0.1, 0.15) is 56.3 Å². The predicted molar refractivity (Wildman–Crippen MR) is 152 cm³/mol. The van der Waals surface area contributed by atoms with Crippen LogP contribution < -0.4 is 5.32 Å². The highest BCUT2D eigenvalue weighted by Crippen LogP contribution is 2.79. The second-order valence-electron chi connectivity index (χ2n) is 13.7. The molecule has 1 spiro atoms. The van der Waals surface area contributed by atoms with E-state index in [1.54, 1.807) is 45.6 Å². The van der Waals surface area contributed by atoms with Crippen molar-refractivity contribution in [3.8, 4) is 0 Å². The molecular weight excluding hydrogens is 540 g/mol. The van der Waals surface area contributed by atoms with Crippen LogP contribution in [0.4, 0.5) is 5.69 Å². The number of esters is 1. The van der Waals surface area contributed by atoms with Gasteiger partial charge >= 0.3 is 5.97 Å². The molecule has 0 radical (unpaired) electrons. The molecule has 10 heteroatoms. The minimum Gasteiger partial charge on any atom is -0.454 e. The third-order valence-corrected chi connectivity index (χ3v) is 12.6. The zero-order valence-electron chi connectivity index (χ0n) is 25.2. The average Bonchev–Trinajstić information content (AvgIpc) is 3.39. The molecule has 3 N–H and O–H groups in total. The van der Waals surface area contributed by atoms with E-state index < -0.39 is 34.3 Å². The van der Waals surface area contributed by atoms with Crippen LogP contribution in [-0.2, 0) is 23.7 Å². The van der Waals surface area contributed by atoms with E-state index in [9.17, 15) is 19.8 Å². The molecule has 1 aromatic carbocycles. The average molecular weight is 585 g/mol. The van der Waals surface area contributed by atoms with Gasteiger partial charge in [-0.15, -0.1) is 0 Å². The van der Waals surface area contributed by atoms with Crippen LogP contribution in [-0.4, -0.2) is 103 Å². The number of nitrogens with zero attached hydrogens (tertiary/aromatic N) is 1. The number of amides is 1. The van der Waals surface area contributed by atoms with Gasteiger partial charge < -0.3 is 34.5 Å². The van der Waals surface area contributed by atoms with Crippen molar-refractivity contribution in [3.05, 3.63) is 29.8 Å². The van der Waals surface area contributed by atoms with E-state index in [0.29, 0.717) is 56.4 Å². The fraction of sp³-hybridized carbons (Fsp3) is 0.750. The van der Waals surface area contributed by atoms with Crippen molar-refractivity contribution in [2.45, 2.75) is 87.1 Å². The number of ether oxygens (including phenoxy) is 4. The van der Waals surface area contributed by atoms with Crippen LogP contribution in [0.3, 0.4) is 0 Å². The number of para-hydroxylation sites is 1. The molecule has 5 aliphatic carbocycles. The van der Waals surface area contributed by atoms with Crippen molar-refractivity contribution in [2.24, 2.45) is 29.1 Å². The lowest BCUT2D eigenvalue weighted by molar-refractivity contribution is -0.337. The molecule has 1 aliphatic heterocycles. The molecular formula is C32H44N2O8. The highest BCUT2D eigenvalue weighted by Gasteiger charge is 2.89. The monoisotopic (exact) mass is 584 g/mol. The molecule has 10 nitrogen and oxygen atoms in total. The molecule has 1 saturated heterocycles. The number of methoxy groups -OCH3 is 3. The fourth-order valence-corrected chi connectivity index (χ4v) is 11.6. The second-order valence-corrected chi connectivity index (χ2v) is 13.7. The third-order valence-electron chi connectivity index (χ3n) is 12.6. The van der Waals surface area contributed by atoms with Crippen LogP contribution in [0.25, 0.3) is 0 Å². The first-order valence-corrected chi connectivity index (χ1v) is 15.4. The summed E-state index contributed by atoms with van der Waals surface area (Å²) in [7, 11) is 5.05. The van der Waals surface area contributed by atoms with Gasteiger partial charge in [0.15, 0.2) is 0 Å². The Morgan fingerprint density at radius 1 is 1.07 bits per heavy atom. The minimum absolute atomic E-state index is 0.0432. The highest BCUT2D eigenvalue weighted by molar-refractivity contribution is 6.00. The maximum absolute atomic E-state index is 14.0. The lowest BCUT2D eigenvalue weighted by atomic mass is 9.44. The van der Waals surface area contributed by atoms with Gasteiger partial charge in [-0.1, -0.05) is 19.1 Å². The van der Waals surface area contributed by atoms with Crippen molar-refractivity contribution < 1.29 is 38.7 Å². The maximum Gasteiger partial charge on any atom is 0.340 e. The van der Waals surface area contributed by atoms with Crippen LogP contribution in [0.5, 0.6) is 0 Å². The Balaban J connectivity index is 1.38. The normalized spacial score (nSPS) is 48.2. The van der Waals surface area contributed by atoms with Crippen molar-refractivity contribution >= 4 is 17.6 Å². The van der Waals surface area contributed by atoms with Crippen LogP contribution in [0, 0.1) is 29.1 Å². The second kappa shape index (κ2) is 9.46. The molecule has 1 amide bonds. The Morgan fingerprint density at radius 2 is 1.83 bits per heavy atom. The number of piperidine rings is 1. The minimum atomic E-state index is -1.48. The fourth-order valence-electron chi connectivity index (χ4n) is 11.6. The summed E-state index contributed by atoms with van der Waals surface area (Å²) in [5.41, 5.74) is -3.57. The van der Waals surface area contributed by atoms with Gasteiger partial charge in [0.1, 0.15) is 16.8 Å². The van der Waals surface area contributed by atoms with Crippen LogP contribution in [0.15, 0.2) is 24.3 Å². The van der Waals surface area contributed by atoms with Gasteiger partial charge in [0.2, 0.25) is 5.91 Å². The molecule has 230 valence electrons. The largest absolute Gasteiger partial charge is 0.454 e. The number of benzene rings is 1. The lowest BCUT2D eigenvalue weighted by Gasteiger charge is -2.70. The number of carbonyl (C=O) groups is 2. The van der Waals surface area contributed by atoms with Crippen molar-refractivity contribution in [1.82, 2.24) is 4.90 Å². The number of likely N-dealkylation sites (N-methyl/N-ethyl adjacent to an activating group) is 1. The quantitative estimate of drug-likeness (QED) is 0.414. The number of likely N-dealkylation sites (tertiary alicyclic amines) is 1.